The number of nitrogens with one attached hydrogen (secondary N) is 1. The van der Waals surface area contributed by atoms with Gasteiger partial charge in [-0.05, 0) is 31.9 Å². The minimum atomic E-state index is -0.570. The quantitative estimate of drug-likeness (QED) is 0.767. The van der Waals surface area contributed by atoms with Crippen molar-refractivity contribution in [3.05, 3.63) is 59.2 Å². The van der Waals surface area contributed by atoms with Crippen LogP contribution in [0.5, 0.6) is 11.5 Å². The van der Waals surface area contributed by atoms with Crippen LogP contribution in [0.2, 0.25) is 0 Å². The number of fused-ring (bicyclic) bond motifs is 3. The maximum absolute atomic E-state index is 13.4. The fourth-order valence-electron chi connectivity index (χ4n) is 4.33. The van der Waals surface area contributed by atoms with Gasteiger partial charge in [0.2, 0.25) is 5.91 Å². The minimum absolute atomic E-state index is 0.127. The Labute approximate surface area is 180 Å². The predicted octanol–water partition coefficient (Wildman–Crippen LogP) is 3.41. The summed E-state index contributed by atoms with van der Waals surface area (Å²) in [6, 6.07) is 13.2. The smallest absolute Gasteiger partial charge is 0.260 e. The molecule has 30 heavy (non-hydrogen) atoms. The normalized spacial score (nSPS) is 21.2. The van der Waals surface area contributed by atoms with Crippen LogP contribution in [0.25, 0.3) is 0 Å². The number of rotatable bonds is 6. The molecule has 2 aliphatic heterocycles. The van der Waals surface area contributed by atoms with E-state index in [2.05, 4.69) is 5.32 Å². The Morgan fingerprint density at radius 3 is 2.53 bits per heavy atom. The maximum atomic E-state index is 13.4. The second-order valence-corrected chi connectivity index (χ2v) is 9.71. The molecule has 1 saturated heterocycles. The third-order valence-corrected chi connectivity index (χ3v) is 7.24. The maximum Gasteiger partial charge on any atom is 0.260 e. The molecule has 2 heterocycles. The first-order chi connectivity index (χ1) is 14.4. The van der Waals surface area contributed by atoms with E-state index in [0.717, 1.165) is 17.5 Å². The molecule has 158 valence electrons. The number of benzene rings is 2. The van der Waals surface area contributed by atoms with Gasteiger partial charge >= 0.3 is 0 Å². The standard InChI is InChI=1S/C23H26N2O4S/c1-23(2)19(20(26)24-13-12-14-8-6-5-7-9-14)25-21(27)17-15(22(25)30-23)10-11-16(28-3)18(17)29-4/h5-11,19,22H,12-13H2,1-4H3,(H,24,26)/t19-,22?/m1/s1. The van der Waals surface area contributed by atoms with Crippen LogP contribution in [0.15, 0.2) is 42.5 Å². The number of hydrogen-bond donors (Lipinski definition) is 1. The summed E-state index contributed by atoms with van der Waals surface area (Å²) in [6.45, 7) is 4.56. The zero-order valence-electron chi connectivity index (χ0n) is 17.6. The van der Waals surface area contributed by atoms with Crippen LogP contribution in [-0.2, 0) is 11.2 Å². The van der Waals surface area contributed by atoms with Gasteiger partial charge in [-0.25, -0.2) is 0 Å². The lowest BCUT2D eigenvalue weighted by Crippen LogP contribution is -2.52. The first-order valence-corrected chi connectivity index (χ1v) is 10.8. The van der Waals surface area contributed by atoms with Gasteiger partial charge in [0.25, 0.3) is 5.91 Å². The van der Waals surface area contributed by atoms with Crippen molar-refractivity contribution in [1.82, 2.24) is 10.2 Å². The fraction of sp³-hybridized carbons (Fsp3) is 0.391. The summed E-state index contributed by atoms with van der Waals surface area (Å²) < 4.78 is 10.4. The summed E-state index contributed by atoms with van der Waals surface area (Å²) in [5.74, 6) is 0.625. The number of carbonyl (C=O) groups is 2. The van der Waals surface area contributed by atoms with E-state index >= 15 is 0 Å². The third kappa shape index (κ3) is 3.31. The summed E-state index contributed by atoms with van der Waals surface area (Å²) >= 11 is 1.63. The molecule has 0 spiro atoms. The SMILES string of the molecule is COc1ccc2c(c1OC)C(=O)N1C2SC(C)(C)[C@H]1C(=O)NCCc1ccccc1. The Morgan fingerprint density at radius 1 is 1.13 bits per heavy atom. The molecule has 1 unspecified atom stereocenters. The van der Waals surface area contributed by atoms with Crippen LogP contribution >= 0.6 is 11.8 Å². The van der Waals surface area contributed by atoms with E-state index < -0.39 is 10.8 Å². The van der Waals surface area contributed by atoms with E-state index in [4.69, 9.17) is 9.47 Å². The summed E-state index contributed by atoms with van der Waals surface area (Å²) in [7, 11) is 3.07. The second-order valence-electron chi connectivity index (χ2n) is 7.98. The van der Waals surface area contributed by atoms with Gasteiger partial charge in [0.1, 0.15) is 11.4 Å². The van der Waals surface area contributed by atoms with Gasteiger partial charge in [-0.1, -0.05) is 36.4 Å². The summed E-state index contributed by atoms with van der Waals surface area (Å²) in [5.41, 5.74) is 2.53. The van der Waals surface area contributed by atoms with Crippen molar-refractivity contribution in [2.75, 3.05) is 20.8 Å². The molecular formula is C23H26N2O4S. The number of ether oxygens (including phenoxy) is 2. The van der Waals surface area contributed by atoms with Gasteiger partial charge in [0.05, 0.1) is 19.8 Å². The Bertz CT molecular complexity index is 977. The predicted molar refractivity (Wildman–Crippen MR) is 117 cm³/mol. The van der Waals surface area contributed by atoms with Gasteiger partial charge in [-0.3, -0.25) is 9.59 Å². The topological polar surface area (TPSA) is 67.9 Å². The number of methoxy groups -OCH3 is 2. The molecule has 1 N–H and O–H groups in total. The number of hydrogen-bond acceptors (Lipinski definition) is 5. The number of nitrogens with zero attached hydrogens (tertiary/aromatic N) is 1. The molecule has 7 heteroatoms. The van der Waals surface area contributed by atoms with Gasteiger partial charge in [-0.15, -0.1) is 11.8 Å². The highest BCUT2D eigenvalue weighted by Gasteiger charge is 2.58. The highest BCUT2D eigenvalue weighted by atomic mass is 32.2. The second kappa shape index (κ2) is 7.87. The molecule has 4 rings (SSSR count). The van der Waals surface area contributed by atoms with E-state index in [0.29, 0.717) is 23.6 Å². The molecule has 0 saturated carbocycles. The lowest BCUT2D eigenvalue weighted by Gasteiger charge is -2.29. The Kier molecular flexibility index (Phi) is 5.40. The highest BCUT2D eigenvalue weighted by Crippen LogP contribution is 2.58. The average Bonchev–Trinajstić information content (AvgIpc) is 3.17. The largest absolute Gasteiger partial charge is 0.493 e. The molecule has 2 aromatic rings. The molecule has 2 atom stereocenters. The van der Waals surface area contributed by atoms with Crippen molar-refractivity contribution >= 4 is 23.6 Å². The van der Waals surface area contributed by atoms with E-state index in [-0.39, 0.29) is 17.2 Å². The van der Waals surface area contributed by atoms with Crippen molar-refractivity contribution in [2.24, 2.45) is 0 Å². The van der Waals surface area contributed by atoms with Crippen LogP contribution in [0, 0.1) is 0 Å². The zero-order valence-corrected chi connectivity index (χ0v) is 18.4. The Hall–Kier alpha value is -2.67. The summed E-state index contributed by atoms with van der Waals surface area (Å²) in [4.78, 5) is 28.3. The molecule has 1 fully saturated rings. The fourth-order valence-corrected chi connectivity index (χ4v) is 5.91. The molecular weight excluding hydrogens is 400 g/mol. The third-order valence-electron chi connectivity index (χ3n) is 5.70. The van der Waals surface area contributed by atoms with Crippen molar-refractivity contribution < 1.29 is 19.1 Å². The van der Waals surface area contributed by atoms with Crippen LogP contribution in [0.3, 0.4) is 0 Å². The number of amides is 2. The first-order valence-electron chi connectivity index (χ1n) is 9.96. The van der Waals surface area contributed by atoms with Gasteiger partial charge < -0.3 is 19.7 Å². The number of thioether (sulfide) groups is 1. The van der Waals surface area contributed by atoms with E-state index in [1.165, 1.54) is 7.11 Å². The molecule has 0 aromatic heterocycles. The van der Waals surface area contributed by atoms with Gasteiger partial charge in [-0.2, -0.15) is 0 Å². The average molecular weight is 427 g/mol. The van der Waals surface area contributed by atoms with Crippen LogP contribution < -0.4 is 14.8 Å². The van der Waals surface area contributed by atoms with Crippen molar-refractivity contribution in [1.29, 1.82) is 0 Å². The summed E-state index contributed by atoms with van der Waals surface area (Å²) in [6.07, 6.45) is 0.746. The van der Waals surface area contributed by atoms with Crippen LogP contribution in [-0.4, -0.2) is 48.3 Å². The van der Waals surface area contributed by atoms with Gasteiger partial charge in [0, 0.05) is 16.9 Å². The highest BCUT2D eigenvalue weighted by molar-refractivity contribution is 8.01. The van der Waals surface area contributed by atoms with Crippen molar-refractivity contribution in [3.8, 4) is 11.5 Å². The Morgan fingerprint density at radius 2 is 1.87 bits per heavy atom. The van der Waals surface area contributed by atoms with Gasteiger partial charge in [0.15, 0.2) is 11.5 Å². The van der Waals surface area contributed by atoms with Crippen LogP contribution in [0.1, 0.15) is 40.7 Å². The number of carbonyl (C=O) groups excluding carboxylic acids is 2. The lowest BCUT2D eigenvalue weighted by atomic mass is 10.0. The molecule has 2 aromatic carbocycles. The van der Waals surface area contributed by atoms with Crippen molar-refractivity contribution in [3.63, 3.8) is 0 Å². The van der Waals surface area contributed by atoms with Crippen LogP contribution in [0.4, 0.5) is 0 Å². The van der Waals surface area contributed by atoms with E-state index in [9.17, 15) is 9.59 Å². The minimum Gasteiger partial charge on any atom is -0.493 e. The zero-order chi connectivity index (χ0) is 21.5. The van der Waals surface area contributed by atoms with E-state index in [1.807, 2.05) is 56.3 Å². The van der Waals surface area contributed by atoms with Crippen molar-refractivity contribution in [2.45, 2.75) is 36.4 Å². The molecule has 2 aliphatic rings. The molecule has 6 nitrogen and oxygen atoms in total. The molecule has 2 amide bonds. The Balaban J connectivity index is 1.58. The van der Waals surface area contributed by atoms with E-state index in [1.54, 1.807) is 23.8 Å². The molecule has 0 bridgehead atoms. The lowest BCUT2D eigenvalue weighted by molar-refractivity contribution is -0.126. The monoisotopic (exact) mass is 426 g/mol. The first kappa shape index (κ1) is 20.6. The molecule has 0 aliphatic carbocycles. The summed E-state index contributed by atoms with van der Waals surface area (Å²) in [5, 5.41) is 2.82. The molecule has 0 radical (unpaired) electrons.